The maximum Gasteiger partial charge on any atom is 0.243 e. The lowest BCUT2D eigenvalue weighted by Crippen LogP contribution is -2.26. The first-order valence-electron chi connectivity index (χ1n) is 8.64. The molecule has 1 aromatic carbocycles. The Kier molecular flexibility index (Phi) is 4.38. The van der Waals surface area contributed by atoms with Gasteiger partial charge in [-0.25, -0.2) is 0 Å². The molecule has 4 rings (SSSR count). The van der Waals surface area contributed by atoms with Gasteiger partial charge in [-0.2, -0.15) is 5.10 Å². The van der Waals surface area contributed by atoms with E-state index in [1.807, 2.05) is 49.1 Å². The molecular weight excluding hydrogens is 338 g/mol. The van der Waals surface area contributed by atoms with Crippen molar-refractivity contribution in [1.82, 2.24) is 24.6 Å². The molecule has 4 aromatic rings. The summed E-state index contributed by atoms with van der Waals surface area (Å²) in [5.74, 6) is -0.00332. The molecule has 0 saturated heterocycles. The highest BCUT2D eigenvalue weighted by molar-refractivity contribution is 5.95. The molecule has 0 aliphatic heterocycles. The fourth-order valence-electron chi connectivity index (χ4n) is 2.93. The van der Waals surface area contributed by atoms with E-state index < -0.39 is 0 Å². The fourth-order valence-corrected chi connectivity index (χ4v) is 2.93. The van der Waals surface area contributed by atoms with Gasteiger partial charge in [-0.15, -0.1) is 0 Å². The Morgan fingerprint density at radius 3 is 2.63 bits per heavy atom. The number of hydrogen-bond acceptors (Lipinski definition) is 4. The van der Waals surface area contributed by atoms with Crippen molar-refractivity contribution < 1.29 is 4.79 Å². The summed E-state index contributed by atoms with van der Waals surface area (Å²) in [6.07, 6.45) is 9.14. The van der Waals surface area contributed by atoms with Crippen LogP contribution in [0.15, 0.2) is 67.4 Å². The molecule has 0 fully saturated rings. The molecule has 0 atom stereocenters. The van der Waals surface area contributed by atoms with Crippen LogP contribution in [0.25, 0.3) is 33.2 Å². The number of rotatable bonds is 4. The normalized spacial score (nSPS) is 10.9. The van der Waals surface area contributed by atoms with Crippen molar-refractivity contribution in [3.8, 4) is 22.4 Å². The molecule has 27 heavy (non-hydrogen) atoms. The number of nitrogens with zero attached hydrogens (tertiary/aromatic N) is 5. The summed E-state index contributed by atoms with van der Waals surface area (Å²) in [6, 6.07) is 12.2. The molecule has 6 heteroatoms. The second kappa shape index (κ2) is 6.99. The number of hydrogen-bond donors (Lipinski definition) is 0. The van der Waals surface area contributed by atoms with Crippen molar-refractivity contribution in [2.45, 2.75) is 6.54 Å². The highest BCUT2D eigenvalue weighted by atomic mass is 16.2. The smallest absolute Gasteiger partial charge is 0.243 e. The van der Waals surface area contributed by atoms with Crippen LogP contribution in [0, 0.1) is 0 Å². The van der Waals surface area contributed by atoms with Crippen LogP contribution in [0.2, 0.25) is 0 Å². The van der Waals surface area contributed by atoms with Crippen LogP contribution in [0.1, 0.15) is 0 Å². The lowest BCUT2D eigenvalue weighted by Gasteiger charge is -2.09. The van der Waals surface area contributed by atoms with E-state index in [1.165, 1.54) is 0 Å². The van der Waals surface area contributed by atoms with Gasteiger partial charge in [-0.05, 0) is 11.5 Å². The van der Waals surface area contributed by atoms with Gasteiger partial charge in [0.2, 0.25) is 5.91 Å². The fraction of sp³-hybridized carbons (Fsp3) is 0.143. The first-order chi connectivity index (χ1) is 13.1. The summed E-state index contributed by atoms with van der Waals surface area (Å²) in [7, 11) is 3.46. The number of likely N-dealkylation sites (N-methyl/N-ethyl adjacent to an activating group) is 1. The Morgan fingerprint density at radius 2 is 1.85 bits per heavy atom. The third kappa shape index (κ3) is 3.42. The minimum Gasteiger partial charge on any atom is -0.347 e. The van der Waals surface area contributed by atoms with E-state index in [2.05, 4.69) is 27.2 Å². The third-order valence-electron chi connectivity index (χ3n) is 4.47. The molecule has 3 heterocycles. The maximum atomic E-state index is 11.8. The van der Waals surface area contributed by atoms with Gasteiger partial charge in [0.1, 0.15) is 6.54 Å². The van der Waals surface area contributed by atoms with E-state index in [0.717, 1.165) is 33.2 Å². The number of carbonyl (C=O) groups is 1. The highest BCUT2D eigenvalue weighted by Crippen LogP contribution is 2.28. The first-order valence-corrected chi connectivity index (χ1v) is 8.64. The van der Waals surface area contributed by atoms with Gasteiger partial charge in [0.25, 0.3) is 0 Å². The van der Waals surface area contributed by atoms with Crippen molar-refractivity contribution in [3.63, 3.8) is 0 Å². The largest absolute Gasteiger partial charge is 0.347 e. The van der Waals surface area contributed by atoms with Gasteiger partial charge in [-0.3, -0.25) is 19.4 Å². The summed E-state index contributed by atoms with van der Waals surface area (Å²) >= 11 is 0. The molecule has 134 valence electrons. The number of amides is 1. The van der Waals surface area contributed by atoms with Crippen LogP contribution in [-0.4, -0.2) is 44.7 Å². The van der Waals surface area contributed by atoms with E-state index in [9.17, 15) is 4.79 Å². The van der Waals surface area contributed by atoms with Gasteiger partial charge in [0.05, 0.1) is 11.9 Å². The minimum atomic E-state index is -0.00332. The average Bonchev–Trinajstić information content (AvgIpc) is 3.16. The monoisotopic (exact) mass is 357 g/mol. The molecule has 0 saturated carbocycles. The van der Waals surface area contributed by atoms with E-state index in [-0.39, 0.29) is 12.5 Å². The Morgan fingerprint density at radius 1 is 1.00 bits per heavy atom. The van der Waals surface area contributed by atoms with E-state index >= 15 is 0 Å². The molecule has 3 aromatic heterocycles. The zero-order valence-corrected chi connectivity index (χ0v) is 15.2. The molecular formula is C21H19N5O. The van der Waals surface area contributed by atoms with Crippen LogP contribution < -0.4 is 0 Å². The van der Waals surface area contributed by atoms with Crippen LogP contribution in [0.5, 0.6) is 0 Å². The number of fused-ring (bicyclic) bond motifs is 1. The quantitative estimate of drug-likeness (QED) is 0.562. The predicted octanol–water partition coefficient (Wildman–Crippen LogP) is 3.25. The van der Waals surface area contributed by atoms with Gasteiger partial charge >= 0.3 is 0 Å². The predicted molar refractivity (Wildman–Crippen MR) is 105 cm³/mol. The van der Waals surface area contributed by atoms with Crippen molar-refractivity contribution in [2.75, 3.05) is 14.1 Å². The summed E-state index contributed by atoms with van der Waals surface area (Å²) in [5, 5.41) is 6.51. The van der Waals surface area contributed by atoms with Gasteiger partial charge in [0, 0.05) is 61.0 Å². The number of aromatic nitrogens is 4. The van der Waals surface area contributed by atoms with Gasteiger partial charge in [0.15, 0.2) is 0 Å². The van der Waals surface area contributed by atoms with Gasteiger partial charge in [-0.1, -0.05) is 30.3 Å². The molecule has 1 amide bonds. The maximum absolute atomic E-state index is 11.8. The molecule has 0 bridgehead atoms. The Balaban J connectivity index is 1.61. The summed E-state index contributed by atoms with van der Waals surface area (Å²) in [4.78, 5) is 22.3. The van der Waals surface area contributed by atoms with Crippen molar-refractivity contribution in [1.29, 1.82) is 0 Å². The summed E-state index contributed by atoms with van der Waals surface area (Å²) in [6.45, 7) is 0.215. The first kappa shape index (κ1) is 16.9. The molecule has 0 aliphatic carbocycles. The Hall–Kier alpha value is -3.54. The summed E-state index contributed by atoms with van der Waals surface area (Å²) in [5.41, 5.74) is 3.76. The minimum absolute atomic E-state index is 0.00332. The number of carbonyl (C=O) groups excluding carboxylic acids is 1. The van der Waals surface area contributed by atoms with E-state index in [1.54, 1.807) is 29.9 Å². The standard InChI is InChI=1S/C21H19N5O/c1-25(2)21(27)14-26-13-17(11-24-26)20-8-7-16(10-23-20)19-12-22-9-15-5-3-4-6-18(15)19/h3-13H,14H2,1-2H3. The van der Waals surface area contributed by atoms with E-state index in [4.69, 9.17) is 0 Å². The summed E-state index contributed by atoms with van der Waals surface area (Å²) < 4.78 is 1.63. The zero-order valence-electron chi connectivity index (χ0n) is 15.2. The number of pyridine rings is 2. The van der Waals surface area contributed by atoms with Crippen LogP contribution in [-0.2, 0) is 11.3 Å². The second-order valence-corrected chi connectivity index (χ2v) is 6.56. The Bertz CT molecular complexity index is 1090. The van der Waals surface area contributed by atoms with Crippen LogP contribution in [0.3, 0.4) is 0 Å². The van der Waals surface area contributed by atoms with E-state index in [0.29, 0.717) is 0 Å². The SMILES string of the molecule is CN(C)C(=O)Cn1cc(-c2ccc(-c3cncc4ccccc34)cn2)cn1. The van der Waals surface area contributed by atoms with Crippen LogP contribution in [0.4, 0.5) is 0 Å². The second-order valence-electron chi connectivity index (χ2n) is 6.56. The average molecular weight is 357 g/mol. The lowest BCUT2D eigenvalue weighted by molar-refractivity contribution is -0.129. The molecule has 0 N–H and O–H groups in total. The van der Waals surface area contributed by atoms with Crippen molar-refractivity contribution in [2.24, 2.45) is 0 Å². The highest BCUT2D eigenvalue weighted by Gasteiger charge is 2.09. The number of benzene rings is 1. The topological polar surface area (TPSA) is 63.9 Å². The molecule has 0 aliphatic rings. The molecule has 0 spiro atoms. The Labute approximate surface area is 157 Å². The van der Waals surface area contributed by atoms with Crippen LogP contribution >= 0.6 is 0 Å². The third-order valence-corrected chi connectivity index (χ3v) is 4.47. The lowest BCUT2D eigenvalue weighted by atomic mass is 10.0. The van der Waals surface area contributed by atoms with Crippen molar-refractivity contribution in [3.05, 3.63) is 67.4 Å². The molecule has 0 unspecified atom stereocenters. The van der Waals surface area contributed by atoms with Crippen molar-refractivity contribution >= 4 is 16.7 Å². The molecule has 6 nitrogen and oxygen atoms in total. The zero-order chi connectivity index (χ0) is 18.8. The molecule has 0 radical (unpaired) electrons. The van der Waals surface area contributed by atoms with Gasteiger partial charge < -0.3 is 4.90 Å².